The van der Waals surface area contributed by atoms with E-state index in [1.807, 2.05) is 13.0 Å². The Bertz CT molecular complexity index is 346. The van der Waals surface area contributed by atoms with Crippen LogP contribution in [0.3, 0.4) is 0 Å². The summed E-state index contributed by atoms with van der Waals surface area (Å²) in [6, 6.07) is 7.12. The lowest BCUT2D eigenvalue weighted by molar-refractivity contribution is -0.138. The molecule has 0 radical (unpaired) electrons. The van der Waals surface area contributed by atoms with Gasteiger partial charge in [-0.3, -0.25) is 4.79 Å². The highest BCUT2D eigenvalue weighted by Gasteiger charge is 2.14. The average Bonchev–Trinajstić information content (AvgIpc) is 2.27. The molecule has 0 saturated carbocycles. The SMILES string of the molecule is CCC(O)c1cccc(C(C)C(=O)O)c1. The Balaban J connectivity index is 2.97. The zero-order chi connectivity index (χ0) is 11.4. The summed E-state index contributed by atoms with van der Waals surface area (Å²) < 4.78 is 0. The maximum Gasteiger partial charge on any atom is 0.310 e. The Morgan fingerprint density at radius 1 is 1.40 bits per heavy atom. The van der Waals surface area contributed by atoms with Crippen molar-refractivity contribution in [1.29, 1.82) is 0 Å². The minimum Gasteiger partial charge on any atom is -0.481 e. The fraction of sp³-hybridized carbons (Fsp3) is 0.417. The Labute approximate surface area is 89.4 Å². The fourth-order valence-corrected chi connectivity index (χ4v) is 1.41. The zero-order valence-corrected chi connectivity index (χ0v) is 8.97. The lowest BCUT2D eigenvalue weighted by Gasteiger charge is -2.12. The zero-order valence-electron chi connectivity index (χ0n) is 8.97. The van der Waals surface area contributed by atoms with Crippen LogP contribution in [0, 0.1) is 0 Å². The van der Waals surface area contributed by atoms with E-state index in [-0.39, 0.29) is 0 Å². The van der Waals surface area contributed by atoms with E-state index in [4.69, 9.17) is 5.11 Å². The average molecular weight is 208 g/mol. The number of benzene rings is 1. The second kappa shape index (κ2) is 4.94. The molecular formula is C12H16O3. The summed E-state index contributed by atoms with van der Waals surface area (Å²) in [5.41, 5.74) is 1.51. The van der Waals surface area contributed by atoms with Gasteiger partial charge in [0, 0.05) is 0 Å². The predicted octanol–water partition coefficient (Wildman–Crippen LogP) is 2.32. The molecule has 0 spiro atoms. The molecule has 3 nitrogen and oxygen atoms in total. The summed E-state index contributed by atoms with van der Waals surface area (Å²) in [6.45, 7) is 3.53. The van der Waals surface area contributed by atoms with Crippen LogP contribution in [0.5, 0.6) is 0 Å². The highest BCUT2D eigenvalue weighted by Crippen LogP contribution is 2.22. The van der Waals surface area contributed by atoms with Crippen LogP contribution in [0.15, 0.2) is 24.3 Å². The number of aliphatic carboxylic acids is 1. The molecule has 2 atom stereocenters. The van der Waals surface area contributed by atoms with Gasteiger partial charge >= 0.3 is 5.97 Å². The van der Waals surface area contributed by atoms with E-state index in [1.165, 1.54) is 0 Å². The maximum atomic E-state index is 10.8. The molecule has 0 heterocycles. The van der Waals surface area contributed by atoms with Crippen molar-refractivity contribution in [3.8, 4) is 0 Å². The van der Waals surface area contributed by atoms with Gasteiger partial charge < -0.3 is 10.2 Å². The van der Waals surface area contributed by atoms with Gasteiger partial charge in [-0.1, -0.05) is 31.2 Å². The van der Waals surface area contributed by atoms with Crippen LogP contribution < -0.4 is 0 Å². The van der Waals surface area contributed by atoms with E-state index < -0.39 is 18.0 Å². The third-order valence-corrected chi connectivity index (χ3v) is 2.55. The molecule has 15 heavy (non-hydrogen) atoms. The Morgan fingerprint density at radius 2 is 2.00 bits per heavy atom. The van der Waals surface area contributed by atoms with Crippen molar-refractivity contribution < 1.29 is 15.0 Å². The number of rotatable bonds is 4. The van der Waals surface area contributed by atoms with Crippen molar-refractivity contribution in [1.82, 2.24) is 0 Å². The quantitative estimate of drug-likeness (QED) is 0.798. The predicted molar refractivity (Wildman–Crippen MR) is 57.7 cm³/mol. The van der Waals surface area contributed by atoms with Gasteiger partial charge in [-0.25, -0.2) is 0 Å². The normalized spacial score (nSPS) is 14.6. The summed E-state index contributed by atoms with van der Waals surface area (Å²) >= 11 is 0. The van der Waals surface area contributed by atoms with Gasteiger partial charge in [-0.15, -0.1) is 0 Å². The molecule has 2 unspecified atom stereocenters. The van der Waals surface area contributed by atoms with Crippen LogP contribution in [0.25, 0.3) is 0 Å². The van der Waals surface area contributed by atoms with Crippen LogP contribution in [-0.4, -0.2) is 16.2 Å². The molecule has 0 saturated heterocycles. The van der Waals surface area contributed by atoms with Crippen LogP contribution in [0.2, 0.25) is 0 Å². The van der Waals surface area contributed by atoms with E-state index in [0.29, 0.717) is 6.42 Å². The molecule has 2 N–H and O–H groups in total. The van der Waals surface area contributed by atoms with Crippen molar-refractivity contribution >= 4 is 5.97 Å². The van der Waals surface area contributed by atoms with Gasteiger partial charge in [0.25, 0.3) is 0 Å². The number of carboxylic acid groups (broad SMARTS) is 1. The number of carbonyl (C=O) groups is 1. The summed E-state index contributed by atoms with van der Waals surface area (Å²) in [4.78, 5) is 10.8. The Morgan fingerprint density at radius 3 is 2.53 bits per heavy atom. The van der Waals surface area contributed by atoms with Crippen molar-refractivity contribution in [2.75, 3.05) is 0 Å². The first kappa shape index (κ1) is 11.7. The molecule has 0 amide bonds. The summed E-state index contributed by atoms with van der Waals surface area (Å²) in [6.07, 6.45) is 0.121. The summed E-state index contributed by atoms with van der Waals surface area (Å²) in [7, 11) is 0. The smallest absolute Gasteiger partial charge is 0.310 e. The van der Waals surface area contributed by atoms with Gasteiger partial charge in [0.05, 0.1) is 12.0 Å². The standard InChI is InChI=1S/C12H16O3/c1-3-11(13)10-6-4-5-9(7-10)8(2)12(14)15/h4-8,11,13H,3H2,1-2H3,(H,14,15). The molecule has 0 fully saturated rings. The van der Waals surface area contributed by atoms with Crippen molar-refractivity contribution in [2.24, 2.45) is 0 Å². The molecule has 0 aromatic heterocycles. The molecule has 0 aliphatic rings. The minimum absolute atomic E-state index is 0.508. The third kappa shape index (κ3) is 2.80. The summed E-state index contributed by atoms with van der Waals surface area (Å²) in [5.74, 6) is -1.38. The van der Waals surface area contributed by atoms with Gasteiger partial charge in [0.2, 0.25) is 0 Å². The maximum absolute atomic E-state index is 10.8. The molecular weight excluding hydrogens is 192 g/mol. The molecule has 0 aliphatic carbocycles. The van der Waals surface area contributed by atoms with E-state index in [0.717, 1.165) is 11.1 Å². The van der Waals surface area contributed by atoms with E-state index in [1.54, 1.807) is 25.1 Å². The number of hydrogen-bond donors (Lipinski definition) is 2. The highest BCUT2D eigenvalue weighted by atomic mass is 16.4. The van der Waals surface area contributed by atoms with E-state index in [9.17, 15) is 9.90 Å². The van der Waals surface area contributed by atoms with Crippen LogP contribution in [-0.2, 0) is 4.79 Å². The number of hydrogen-bond acceptors (Lipinski definition) is 2. The van der Waals surface area contributed by atoms with Crippen molar-refractivity contribution in [2.45, 2.75) is 32.3 Å². The van der Waals surface area contributed by atoms with Crippen molar-refractivity contribution in [3.05, 3.63) is 35.4 Å². The molecule has 0 bridgehead atoms. The second-order valence-electron chi connectivity index (χ2n) is 3.65. The molecule has 1 aromatic rings. The third-order valence-electron chi connectivity index (χ3n) is 2.55. The van der Waals surface area contributed by atoms with Gasteiger partial charge in [0.1, 0.15) is 0 Å². The Hall–Kier alpha value is -1.35. The second-order valence-corrected chi connectivity index (χ2v) is 3.65. The fourth-order valence-electron chi connectivity index (χ4n) is 1.41. The molecule has 1 rings (SSSR count). The van der Waals surface area contributed by atoms with Gasteiger partial charge in [0.15, 0.2) is 0 Å². The number of aliphatic hydroxyl groups is 1. The first-order valence-corrected chi connectivity index (χ1v) is 5.07. The highest BCUT2D eigenvalue weighted by molar-refractivity contribution is 5.75. The first-order chi connectivity index (χ1) is 7.06. The first-order valence-electron chi connectivity index (χ1n) is 5.07. The lowest BCUT2D eigenvalue weighted by Crippen LogP contribution is -2.08. The number of carboxylic acids is 1. The molecule has 0 aliphatic heterocycles. The monoisotopic (exact) mass is 208 g/mol. The van der Waals surface area contributed by atoms with Gasteiger partial charge in [-0.05, 0) is 24.5 Å². The van der Waals surface area contributed by atoms with E-state index >= 15 is 0 Å². The Kier molecular flexibility index (Phi) is 3.86. The summed E-state index contributed by atoms with van der Waals surface area (Å²) in [5, 5.41) is 18.5. The van der Waals surface area contributed by atoms with Crippen LogP contribution >= 0.6 is 0 Å². The molecule has 3 heteroatoms. The van der Waals surface area contributed by atoms with Crippen LogP contribution in [0.1, 0.15) is 43.4 Å². The molecule has 82 valence electrons. The minimum atomic E-state index is -0.849. The topological polar surface area (TPSA) is 57.5 Å². The van der Waals surface area contributed by atoms with E-state index in [2.05, 4.69) is 0 Å². The van der Waals surface area contributed by atoms with Crippen LogP contribution in [0.4, 0.5) is 0 Å². The molecule has 1 aromatic carbocycles. The number of aliphatic hydroxyl groups excluding tert-OH is 1. The van der Waals surface area contributed by atoms with Crippen molar-refractivity contribution in [3.63, 3.8) is 0 Å². The largest absolute Gasteiger partial charge is 0.481 e. The van der Waals surface area contributed by atoms with Gasteiger partial charge in [-0.2, -0.15) is 0 Å². The lowest BCUT2D eigenvalue weighted by atomic mass is 9.97.